The monoisotopic (exact) mass is 663 g/mol. The van der Waals surface area contributed by atoms with Crippen molar-refractivity contribution in [3.63, 3.8) is 0 Å². The van der Waals surface area contributed by atoms with E-state index in [-0.39, 0.29) is 48.6 Å². The molecule has 0 saturated carbocycles. The Morgan fingerprint density at radius 3 is 2.48 bits per heavy atom. The lowest BCUT2D eigenvalue weighted by molar-refractivity contribution is -0.137. The van der Waals surface area contributed by atoms with Crippen molar-refractivity contribution < 1.29 is 19.1 Å². The predicted octanol–water partition coefficient (Wildman–Crippen LogP) is 5.53. The molecule has 0 bridgehead atoms. The number of pyridine rings is 1. The first kappa shape index (κ1) is 37.0. The van der Waals surface area contributed by atoms with Gasteiger partial charge in [0.15, 0.2) is 0 Å². The summed E-state index contributed by atoms with van der Waals surface area (Å²) in [5, 5.41) is 5.59. The number of thiophene rings is 1. The van der Waals surface area contributed by atoms with E-state index in [1.165, 1.54) is 0 Å². The molecule has 1 aliphatic rings. The average Bonchev–Trinajstić information content (AvgIpc) is 3.50. The second-order valence-electron chi connectivity index (χ2n) is 11.0. The zero-order valence-electron chi connectivity index (χ0n) is 25.9. The Bertz CT molecular complexity index is 1370. The van der Waals surface area contributed by atoms with Gasteiger partial charge in [-0.2, -0.15) is 0 Å². The molecule has 9 nitrogen and oxygen atoms in total. The SMILES string of the molecule is CCN1C(=O)C(C)(C)C(=O)N(C)c2cc(OCCCC(NCCN(C)C(=O)Cc3cccs3)c3ccncc3)ccc21.Cl.Cl. The summed E-state index contributed by atoms with van der Waals surface area (Å²) in [6, 6.07) is 13.6. The van der Waals surface area contributed by atoms with E-state index in [4.69, 9.17) is 4.74 Å². The van der Waals surface area contributed by atoms with E-state index in [2.05, 4.69) is 10.3 Å². The van der Waals surface area contributed by atoms with Crippen molar-refractivity contribution in [2.75, 3.05) is 50.1 Å². The highest BCUT2D eigenvalue weighted by molar-refractivity contribution is 7.10. The summed E-state index contributed by atoms with van der Waals surface area (Å²) in [4.78, 5) is 49.0. The van der Waals surface area contributed by atoms with Crippen molar-refractivity contribution in [2.45, 2.75) is 46.1 Å². The third-order valence-corrected chi connectivity index (χ3v) is 8.59. The Kier molecular flexibility index (Phi) is 14.1. The largest absolute Gasteiger partial charge is 0.494 e. The number of benzene rings is 1. The maximum Gasteiger partial charge on any atom is 0.242 e. The number of aromatic nitrogens is 1. The number of anilines is 2. The highest BCUT2D eigenvalue weighted by Crippen LogP contribution is 2.40. The van der Waals surface area contributed by atoms with E-state index in [1.807, 2.05) is 61.8 Å². The summed E-state index contributed by atoms with van der Waals surface area (Å²) in [6.07, 6.45) is 5.61. The lowest BCUT2D eigenvalue weighted by Crippen LogP contribution is -2.47. The lowest BCUT2D eigenvalue weighted by Gasteiger charge is -2.27. The molecule has 240 valence electrons. The molecule has 1 atom stereocenters. The molecule has 2 aromatic heterocycles. The maximum atomic E-state index is 13.1. The van der Waals surface area contributed by atoms with Gasteiger partial charge < -0.3 is 24.8 Å². The number of amides is 3. The van der Waals surface area contributed by atoms with Crippen LogP contribution in [0.4, 0.5) is 11.4 Å². The van der Waals surface area contributed by atoms with E-state index < -0.39 is 5.41 Å². The molecule has 0 aliphatic carbocycles. The smallest absolute Gasteiger partial charge is 0.242 e. The molecule has 1 unspecified atom stereocenters. The fraction of sp³-hybridized carbons (Fsp3) is 0.438. The first-order chi connectivity index (χ1) is 20.1. The van der Waals surface area contributed by atoms with Gasteiger partial charge in [0.25, 0.3) is 0 Å². The van der Waals surface area contributed by atoms with E-state index in [0.29, 0.717) is 49.8 Å². The number of ether oxygens (including phenoxy) is 1. The van der Waals surface area contributed by atoms with Crippen molar-refractivity contribution in [1.82, 2.24) is 15.2 Å². The summed E-state index contributed by atoms with van der Waals surface area (Å²) in [5.41, 5.74) is 1.35. The number of hydrogen-bond acceptors (Lipinski definition) is 7. The maximum absolute atomic E-state index is 13.1. The number of nitrogens with one attached hydrogen (secondary N) is 1. The van der Waals surface area contributed by atoms with Gasteiger partial charge >= 0.3 is 0 Å². The Morgan fingerprint density at radius 2 is 1.82 bits per heavy atom. The van der Waals surface area contributed by atoms with Crippen LogP contribution in [0, 0.1) is 5.41 Å². The number of hydrogen-bond donors (Lipinski definition) is 1. The second-order valence-corrected chi connectivity index (χ2v) is 12.1. The highest BCUT2D eigenvalue weighted by Gasteiger charge is 2.45. The van der Waals surface area contributed by atoms with Crippen LogP contribution in [0.25, 0.3) is 0 Å². The molecule has 3 amide bonds. The molecule has 0 spiro atoms. The predicted molar refractivity (Wildman–Crippen MR) is 182 cm³/mol. The zero-order valence-corrected chi connectivity index (χ0v) is 28.4. The van der Waals surface area contributed by atoms with Gasteiger partial charge in [-0.05, 0) is 74.9 Å². The molecule has 3 aromatic rings. The molecule has 3 heterocycles. The van der Waals surface area contributed by atoms with Crippen LogP contribution < -0.4 is 19.9 Å². The van der Waals surface area contributed by atoms with Crippen LogP contribution in [0.2, 0.25) is 0 Å². The van der Waals surface area contributed by atoms with Crippen LogP contribution in [-0.2, 0) is 20.8 Å². The van der Waals surface area contributed by atoms with Crippen LogP contribution in [0.3, 0.4) is 0 Å². The van der Waals surface area contributed by atoms with Gasteiger partial charge in [-0.3, -0.25) is 19.4 Å². The Balaban J connectivity index is 0.00000337. The third kappa shape index (κ3) is 8.72. The molecule has 12 heteroatoms. The van der Waals surface area contributed by atoms with Gasteiger partial charge in [0.05, 0.1) is 24.4 Å². The molecule has 1 N–H and O–H groups in total. The number of carbonyl (C=O) groups excluding carboxylic acids is 3. The second kappa shape index (κ2) is 16.8. The third-order valence-electron chi connectivity index (χ3n) is 7.72. The van der Waals surface area contributed by atoms with Crippen LogP contribution in [-0.4, -0.2) is 67.9 Å². The van der Waals surface area contributed by atoms with Crippen molar-refractivity contribution in [1.29, 1.82) is 0 Å². The van der Waals surface area contributed by atoms with Crippen LogP contribution in [0.15, 0.2) is 60.2 Å². The van der Waals surface area contributed by atoms with Gasteiger partial charge in [0.1, 0.15) is 11.2 Å². The summed E-state index contributed by atoms with van der Waals surface area (Å²) in [6.45, 7) is 7.49. The molecular formula is C32H43Cl2N5O4S. The number of nitrogens with zero attached hydrogens (tertiary/aromatic N) is 4. The number of fused-ring (bicyclic) bond motifs is 1. The summed E-state index contributed by atoms with van der Waals surface area (Å²) in [5.74, 6) is 0.307. The molecule has 1 aliphatic heterocycles. The molecular weight excluding hydrogens is 621 g/mol. The molecule has 1 aromatic carbocycles. The lowest BCUT2D eigenvalue weighted by atomic mass is 9.90. The van der Waals surface area contributed by atoms with Gasteiger partial charge in [0, 0.05) is 63.1 Å². The molecule has 0 fully saturated rings. The zero-order chi connectivity index (χ0) is 30.3. The van der Waals surface area contributed by atoms with E-state index in [9.17, 15) is 14.4 Å². The van der Waals surface area contributed by atoms with Crippen LogP contribution >= 0.6 is 36.2 Å². The van der Waals surface area contributed by atoms with Crippen molar-refractivity contribution in [3.8, 4) is 5.75 Å². The van der Waals surface area contributed by atoms with Crippen molar-refractivity contribution >= 4 is 65.2 Å². The summed E-state index contributed by atoms with van der Waals surface area (Å²) in [7, 11) is 3.55. The molecule has 0 radical (unpaired) electrons. The van der Waals surface area contributed by atoms with Gasteiger partial charge in [-0.15, -0.1) is 36.2 Å². The first-order valence-electron chi connectivity index (χ1n) is 14.4. The minimum Gasteiger partial charge on any atom is -0.494 e. The number of carbonyl (C=O) groups is 3. The summed E-state index contributed by atoms with van der Waals surface area (Å²) < 4.78 is 6.12. The van der Waals surface area contributed by atoms with Gasteiger partial charge in [0.2, 0.25) is 17.7 Å². The average molecular weight is 665 g/mol. The minimum absolute atomic E-state index is 0. The number of likely N-dealkylation sites (N-methyl/N-ethyl adjacent to an activating group) is 1. The molecule has 0 saturated heterocycles. The van der Waals surface area contributed by atoms with E-state index >= 15 is 0 Å². The first-order valence-corrected chi connectivity index (χ1v) is 15.3. The Morgan fingerprint density at radius 1 is 1.09 bits per heavy atom. The van der Waals surface area contributed by atoms with Crippen LogP contribution in [0.1, 0.15) is 50.1 Å². The van der Waals surface area contributed by atoms with Crippen LogP contribution in [0.5, 0.6) is 5.75 Å². The number of rotatable bonds is 13. The molecule has 4 rings (SSSR count). The number of halogens is 2. The minimum atomic E-state index is -1.15. The fourth-order valence-corrected chi connectivity index (χ4v) is 5.85. The Hall–Kier alpha value is -3.18. The topological polar surface area (TPSA) is 95.1 Å². The quantitative estimate of drug-likeness (QED) is 0.191. The highest BCUT2D eigenvalue weighted by atomic mass is 35.5. The fourth-order valence-electron chi connectivity index (χ4n) is 5.16. The standard InChI is InChI=1S/C32H41N5O4S.2ClH/c1-6-37-27-12-11-24(21-28(27)36(5)30(39)32(2,3)31(37)40)41-19-7-10-26(23-13-15-33-16-14-23)34-17-18-35(4)29(38)22-25-9-8-20-42-25;;/h8-9,11-16,20-21,26,34H,6-7,10,17-19,22H2,1-5H3;2*1H. The Labute approximate surface area is 276 Å². The normalized spacial score (nSPS) is 14.6. The van der Waals surface area contributed by atoms with Gasteiger partial charge in [-0.1, -0.05) is 6.07 Å². The molecule has 44 heavy (non-hydrogen) atoms. The van der Waals surface area contributed by atoms with E-state index in [0.717, 1.165) is 23.3 Å². The van der Waals surface area contributed by atoms with Gasteiger partial charge in [-0.25, -0.2) is 0 Å². The van der Waals surface area contributed by atoms with E-state index in [1.54, 1.807) is 59.3 Å². The van der Waals surface area contributed by atoms with Crippen molar-refractivity contribution in [3.05, 3.63) is 70.7 Å². The summed E-state index contributed by atoms with van der Waals surface area (Å²) >= 11 is 1.60. The van der Waals surface area contributed by atoms with Crippen molar-refractivity contribution in [2.24, 2.45) is 5.41 Å².